The average Bonchev–Trinajstić information content (AvgIpc) is 3.24. The van der Waals surface area contributed by atoms with Crippen molar-refractivity contribution in [1.82, 2.24) is 0 Å². The molecule has 0 heterocycles. The zero-order valence-electron chi connectivity index (χ0n) is 37.2. The molecule has 0 unspecified atom stereocenters. The Morgan fingerprint density at radius 2 is 0.683 bits per heavy atom. The maximum Gasteiger partial charge on any atom is 0.0490 e. The fourth-order valence-electron chi connectivity index (χ4n) is 7.79. The standard InChI is InChI=1S/C58H60N2/c1-39(2)51-26-32-57(45(9)36-51)59(53-28-22-47(23-29-53)18-20-49-16-14-41(5)43(7)34-49)55-12-11-13-56(38-55)60(58-33-27-52(40(3)4)37-46(58)10)54-30-24-48(25-31-54)19-21-50-17-15-42(6)44(8)35-50/h11-40H,1-10H3/b20-18+,21-19+. The molecule has 60 heavy (non-hydrogen) atoms. The molecule has 0 radical (unpaired) electrons. The van der Waals surface area contributed by atoms with Crippen LogP contribution in [0.15, 0.2) is 146 Å². The van der Waals surface area contributed by atoms with Crippen LogP contribution in [0.3, 0.4) is 0 Å². The molecule has 0 saturated carbocycles. The minimum Gasteiger partial charge on any atom is -0.310 e. The van der Waals surface area contributed by atoms with Crippen LogP contribution in [-0.4, -0.2) is 0 Å². The predicted molar refractivity (Wildman–Crippen MR) is 263 cm³/mol. The van der Waals surface area contributed by atoms with Crippen molar-refractivity contribution in [1.29, 1.82) is 0 Å². The SMILES string of the molecule is Cc1ccc(/C=C/c2ccc(N(c3cccc(N(c4ccc(/C=C/c5ccc(C)c(C)c5)cc4)c4ccc(C(C)C)cc4C)c3)c3ccc(C(C)C)cc3C)cc2)cc1C. The second-order valence-corrected chi connectivity index (χ2v) is 17.1. The van der Waals surface area contributed by atoms with Gasteiger partial charge in [0.2, 0.25) is 0 Å². The van der Waals surface area contributed by atoms with Crippen LogP contribution in [0.2, 0.25) is 0 Å². The molecule has 0 aliphatic heterocycles. The summed E-state index contributed by atoms with van der Waals surface area (Å²) in [6, 6.07) is 54.0. The fourth-order valence-corrected chi connectivity index (χ4v) is 7.79. The molecule has 2 heteroatoms. The van der Waals surface area contributed by atoms with Gasteiger partial charge in [0, 0.05) is 34.1 Å². The first-order chi connectivity index (χ1) is 28.8. The van der Waals surface area contributed by atoms with Crippen LogP contribution in [0.25, 0.3) is 24.3 Å². The van der Waals surface area contributed by atoms with Gasteiger partial charge in [-0.3, -0.25) is 0 Å². The molecule has 0 spiro atoms. The molecule has 7 aromatic rings. The predicted octanol–water partition coefficient (Wildman–Crippen LogP) is 17.1. The Labute approximate surface area is 360 Å². The number of aryl methyl sites for hydroxylation is 6. The van der Waals surface area contributed by atoms with Gasteiger partial charge in [-0.05, 0) is 175 Å². The second kappa shape index (κ2) is 18.3. The summed E-state index contributed by atoms with van der Waals surface area (Å²) in [5, 5.41) is 0. The molecule has 0 N–H and O–H groups in total. The Morgan fingerprint density at radius 1 is 0.317 bits per heavy atom. The van der Waals surface area contributed by atoms with Crippen molar-refractivity contribution < 1.29 is 0 Å². The normalized spacial score (nSPS) is 11.7. The molecule has 0 amide bonds. The molecule has 0 aliphatic carbocycles. The zero-order chi connectivity index (χ0) is 42.5. The molecular weight excluding hydrogens is 725 g/mol. The van der Waals surface area contributed by atoms with Crippen molar-refractivity contribution in [2.45, 2.75) is 81.1 Å². The van der Waals surface area contributed by atoms with Crippen LogP contribution in [-0.2, 0) is 0 Å². The Hall–Kier alpha value is -6.38. The molecule has 0 bridgehead atoms. The molecule has 0 saturated heterocycles. The lowest BCUT2D eigenvalue weighted by Crippen LogP contribution is -2.15. The number of anilines is 6. The molecular formula is C58H60N2. The lowest BCUT2D eigenvalue weighted by atomic mass is 9.99. The molecule has 0 aromatic heterocycles. The van der Waals surface area contributed by atoms with E-state index in [9.17, 15) is 0 Å². The lowest BCUT2D eigenvalue weighted by molar-refractivity contribution is 0.865. The van der Waals surface area contributed by atoms with Gasteiger partial charge in [-0.1, -0.05) is 143 Å². The van der Waals surface area contributed by atoms with Gasteiger partial charge in [0.1, 0.15) is 0 Å². The van der Waals surface area contributed by atoms with Crippen molar-refractivity contribution >= 4 is 58.4 Å². The highest BCUT2D eigenvalue weighted by molar-refractivity contribution is 5.85. The molecule has 7 aromatic carbocycles. The summed E-state index contributed by atoms with van der Waals surface area (Å²) in [4.78, 5) is 4.82. The van der Waals surface area contributed by atoms with Crippen LogP contribution in [0.4, 0.5) is 34.1 Å². The van der Waals surface area contributed by atoms with Gasteiger partial charge in [-0.15, -0.1) is 0 Å². The first-order valence-corrected chi connectivity index (χ1v) is 21.5. The van der Waals surface area contributed by atoms with Crippen LogP contribution < -0.4 is 9.80 Å². The topological polar surface area (TPSA) is 6.48 Å². The van der Waals surface area contributed by atoms with Crippen molar-refractivity contribution in [2.24, 2.45) is 0 Å². The first kappa shape index (κ1) is 41.8. The average molecular weight is 785 g/mol. The van der Waals surface area contributed by atoms with E-state index in [1.807, 2.05) is 0 Å². The number of benzene rings is 7. The largest absolute Gasteiger partial charge is 0.310 e. The van der Waals surface area contributed by atoms with E-state index in [2.05, 4.69) is 249 Å². The summed E-state index contributed by atoms with van der Waals surface area (Å²) in [5.74, 6) is 0.899. The number of hydrogen-bond donors (Lipinski definition) is 0. The highest BCUT2D eigenvalue weighted by Crippen LogP contribution is 2.43. The van der Waals surface area contributed by atoms with Crippen LogP contribution in [0.5, 0.6) is 0 Å². The van der Waals surface area contributed by atoms with Gasteiger partial charge < -0.3 is 9.80 Å². The Bertz CT molecular complexity index is 2470. The summed E-state index contributed by atoms with van der Waals surface area (Å²) in [5.41, 5.74) is 21.9. The lowest BCUT2D eigenvalue weighted by Gasteiger charge is -2.31. The highest BCUT2D eigenvalue weighted by atomic mass is 15.2. The molecule has 2 nitrogen and oxygen atoms in total. The maximum absolute atomic E-state index is 2.41. The fraction of sp³-hybridized carbons (Fsp3) is 0.207. The Balaban J connectivity index is 1.30. The zero-order valence-corrected chi connectivity index (χ0v) is 37.2. The van der Waals surface area contributed by atoms with Crippen LogP contribution >= 0.6 is 0 Å². The van der Waals surface area contributed by atoms with E-state index in [0.717, 1.165) is 33.9 Å². The van der Waals surface area contributed by atoms with Gasteiger partial charge in [0.05, 0.1) is 0 Å². The number of hydrogen-bond acceptors (Lipinski definition) is 2. The third-order valence-electron chi connectivity index (χ3n) is 11.9. The summed E-state index contributed by atoms with van der Waals surface area (Å²) in [7, 11) is 0. The van der Waals surface area contributed by atoms with E-state index in [-0.39, 0.29) is 0 Å². The van der Waals surface area contributed by atoms with Crippen molar-refractivity contribution in [3.05, 3.63) is 212 Å². The van der Waals surface area contributed by atoms with Crippen molar-refractivity contribution in [3.63, 3.8) is 0 Å². The smallest absolute Gasteiger partial charge is 0.0490 e. The van der Waals surface area contributed by atoms with Crippen molar-refractivity contribution in [2.75, 3.05) is 9.80 Å². The summed E-state index contributed by atoms with van der Waals surface area (Å²) in [6.45, 7) is 22.2. The van der Waals surface area contributed by atoms with E-state index in [4.69, 9.17) is 0 Å². The van der Waals surface area contributed by atoms with E-state index in [0.29, 0.717) is 11.8 Å². The van der Waals surface area contributed by atoms with Crippen LogP contribution in [0.1, 0.15) is 106 Å². The third kappa shape index (κ3) is 9.56. The number of nitrogens with zero attached hydrogens (tertiary/aromatic N) is 2. The van der Waals surface area contributed by atoms with E-state index in [1.165, 1.54) is 67.0 Å². The summed E-state index contributed by atoms with van der Waals surface area (Å²) < 4.78 is 0. The maximum atomic E-state index is 2.41. The highest BCUT2D eigenvalue weighted by Gasteiger charge is 2.20. The summed E-state index contributed by atoms with van der Waals surface area (Å²) in [6.07, 6.45) is 8.82. The molecule has 302 valence electrons. The van der Waals surface area contributed by atoms with Gasteiger partial charge in [-0.25, -0.2) is 0 Å². The van der Waals surface area contributed by atoms with Crippen LogP contribution in [0, 0.1) is 41.5 Å². The Kier molecular flexibility index (Phi) is 12.7. The monoisotopic (exact) mass is 784 g/mol. The minimum absolute atomic E-state index is 0.450. The molecule has 7 rings (SSSR count). The van der Waals surface area contributed by atoms with Gasteiger partial charge >= 0.3 is 0 Å². The quantitative estimate of drug-likeness (QED) is 0.114. The van der Waals surface area contributed by atoms with Gasteiger partial charge in [0.15, 0.2) is 0 Å². The summed E-state index contributed by atoms with van der Waals surface area (Å²) >= 11 is 0. The van der Waals surface area contributed by atoms with Gasteiger partial charge in [0.25, 0.3) is 0 Å². The van der Waals surface area contributed by atoms with E-state index >= 15 is 0 Å². The Morgan fingerprint density at radius 3 is 1.03 bits per heavy atom. The van der Waals surface area contributed by atoms with Crippen molar-refractivity contribution in [3.8, 4) is 0 Å². The van der Waals surface area contributed by atoms with E-state index < -0.39 is 0 Å². The van der Waals surface area contributed by atoms with E-state index in [1.54, 1.807) is 0 Å². The number of rotatable bonds is 12. The molecule has 0 fully saturated rings. The third-order valence-corrected chi connectivity index (χ3v) is 11.9. The molecule has 0 aliphatic rings. The molecule has 0 atom stereocenters. The second-order valence-electron chi connectivity index (χ2n) is 17.1. The minimum atomic E-state index is 0.450. The van der Waals surface area contributed by atoms with Gasteiger partial charge in [-0.2, -0.15) is 0 Å². The first-order valence-electron chi connectivity index (χ1n) is 21.5.